The van der Waals surface area contributed by atoms with E-state index in [1.165, 1.54) is 50.1 Å². The van der Waals surface area contributed by atoms with Gasteiger partial charge in [-0.05, 0) is 49.5 Å². The van der Waals surface area contributed by atoms with Crippen LogP contribution in [0.3, 0.4) is 0 Å². The molecule has 2 aliphatic rings. The maximum Gasteiger partial charge on any atom is 0.0110 e. The highest BCUT2D eigenvalue weighted by molar-refractivity contribution is 7.09. The van der Waals surface area contributed by atoms with Crippen LogP contribution in [0.2, 0.25) is 0 Å². The fraction of sp³-hybridized carbons (Fsp3) is 0.733. The van der Waals surface area contributed by atoms with Crippen molar-refractivity contribution < 1.29 is 0 Å². The molecule has 18 heavy (non-hydrogen) atoms. The van der Waals surface area contributed by atoms with Gasteiger partial charge >= 0.3 is 0 Å². The van der Waals surface area contributed by atoms with Gasteiger partial charge in [-0.1, -0.05) is 6.07 Å². The summed E-state index contributed by atoms with van der Waals surface area (Å²) in [4.78, 5) is 4.23. The van der Waals surface area contributed by atoms with Crippen molar-refractivity contribution in [1.82, 2.24) is 10.2 Å². The predicted octanol–water partition coefficient (Wildman–Crippen LogP) is 2.75. The van der Waals surface area contributed by atoms with E-state index in [0.29, 0.717) is 0 Å². The molecule has 0 bridgehead atoms. The molecule has 1 heterocycles. The molecular formula is C15H24N2S. The van der Waals surface area contributed by atoms with Crippen LogP contribution < -0.4 is 5.32 Å². The van der Waals surface area contributed by atoms with Crippen LogP contribution in [-0.4, -0.2) is 37.1 Å². The molecule has 1 aromatic heterocycles. The molecular weight excluding hydrogens is 240 g/mol. The Kier molecular flexibility index (Phi) is 4.34. The molecule has 3 rings (SSSR count). The standard InChI is InChI=1S/C15H24N2S/c1-2-15(18-11-1)7-8-16-9-10-17(14-5-6-14)12-13-3-4-13/h1-2,11,13-14,16H,3-10,12H2. The van der Waals surface area contributed by atoms with Crippen LogP contribution in [0.5, 0.6) is 0 Å². The van der Waals surface area contributed by atoms with Gasteiger partial charge in [-0.15, -0.1) is 11.3 Å². The zero-order valence-corrected chi connectivity index (χ0v) is 11.9. The summed E-state index contributed by atoms with van der Waals surface area (Å²) in [5.41, 5.74) is 0. The molecule has 2 aliphatic carbocycles. The van der Waals surface area contributed by atoms with Crippen molar-refractivity contribution in [3.63, 3.8) is 0 Å². The lowest BCUT2D eigenvalue weighted by molar-refractivity contribution is 0.253. The summed E-state index contributed by atoms with van der Waals surface area (Å²) >= 11 is 1.87. The Morgan fingerprint density at radius 3 is 2.78 bits per heavy atom. The summed E-state index contributed by atoms with van der Waals surface area (Å²) in [6.45, 7) is 4.92. The minimum absolute atomic E-state index is 0.935. The number of nitrogens with one attached hydrogen (secondary N) is 1. The van der Waals surface area contributed by atoms with Gasteiger partial charge in [-0.25, -0.2) is 0 Å². The first kappa shape index (κ1) is 12.6. The third kappa shape index (κ3) is 4.08. The maximum absolute atomic E-state index is 3.60. The van der Waals surface area contributed by atoms with Gasteiger partial charge in [0, 0.05) is 37.1 Å². The van der Waals surface area contributed by atoms with Crippen molar-refractivity contribution in [2.75, 3.05) is 26.2 Å². The van der Waals surface area contributed by atoms with Crippen molar-refractivity contribution in [3.05, 3.63) is 22.4 Å². The molecule has 1 aromatic rings. The van der Waals surface area contributed by atoms with Crippen LogP contribution in [0, 0.1) is 5.92 Å². The number of rotatable bonds is 9. The lowest BCUT2D eigenvalue weighted by Crippen LogP contribution is -2.35. The van der Waals surface area contributed by atoms with Crippen molar-refractivity contribution in [2.24, 2.45) is 5.92 Å². The van der Waals surface area contributed by atoms with Crippen molar-refractivity contribution >= 4 is 11.3 Å². The number of hydrogen-bond acceptors (Lipinski definition) is 3. The normalized spacial score (nSPS) is 19.6. The summed E-state index contributed by atoms with van der Waals surface area (Å²) in [7, 11) is 0. The van der Waals surface area contributed by atoms with Gasteiger partial charge in [-0.2, -0.15) is 0 Å². The van der Waals surface area contributed by atoms with E-state index in [9.17, 15) is 0 Å². The van der Waals surface area contributed by atoms with Crippen LogP contribution in [0.15, 0.2) is 17.5 Å². The molecule has 2 saturated carbocycles. The largest absolute Gasteiger partial charge is 0.315 e. The summed E-state index contributed by atoms with van der Waals surface area (Å²) in [6.07, 6.45) is 7.04. The fourth-order valence-corrected chi connectivity index (χ4v) is 3.22. The second-order valence-corrected chi connectivity index (χ2v) is 6.78. The van der Waals surface area contributed by atoms with Crippen molar-refractivity contribution in [2.45, 2.75) is 38.1 Å². The summed E-state index contributed by atoms with van der Waals surface area (Å²) in [5.74, 6) is 1.04. The summed E-state index contributed by atoms with van der Waals surface area (Å²) in [6, 6.07) is 5.31. The van der Waals surface area contributed by atoms with Gasteiger partial charge in [0.15, 0.2) is 0 Å². The molecule has 0 saturated heterocycles. The van der Waals surface area contributed by atoms with E-state index < -0.39 is 0 Å². The topological polar surface area (TPSA) is 15.3 Å². The molecule has 0 radical (unpaired) electrons. The molecule has 3 heteroatoms. The van der Waals surface area contributed by atoms with E-state index in [0.717, 1.165) is 25.0 Å². The Morgan fingerprint density at radius 2 is 2.11 bits per heavy atom. The first-order valence-electron chi connectivity index (χ1n) is 7.39. The zero-order chi connectivity index (χ0) is 12.2. The van der Waals surface area contributed by atoms with Crippen LogP contribution in [0.1, 0.15) is 30.6 Å². The Bertz CT molecular complexity index is 341. The van der Waals surface area contributed by atoms with Crippen LogP contribution in [-0.2, 0) is 6.42 Å². The van der Waals surface area contributed by atoms with E-state index in [1.807, 2.05) is 11.3 Å². The lowest BCUT2D eigenvalue weighted by atomic mass is 10.3. The molecule has 0 spiro atoms. The molecule has 0 unspecified atom stereocenters. The van der Waals surface area contributed by atoms with E-state index in [1.54, 1.807) is 0 Å². The highest BCUT2D eigenvalue weighted by atomic mass is 32.1. The van der Waals surface area contributed by atoms with E-state index >= 15 is 0 Å². The molecule has 0 aliphatic heterocycles. The van der Waals surface area contributed by atoms with Gasteiger partial charge in [0.25, 0.3) is 0 Å². The smallest absolute Gasteiger partial charge is 0.0110 e. The average molecular weight is 264 g/mol. The van der Waals surface area contributed by atoms with Gasteiger partial charge in [0.2, 0.25) is 0 Å². The highest BCUT2D eigenvalue weighted by Gasteiger charge is 2.32. The second-order valence-electron chi connectivity index (χ2n) is 5.75. The summed E-state index contributed by atoms with van der Waals surface area (Å²) < 4.78 is 0. The van der Waals surface area contributed by atoms with Crippen molar-refractivity contribution in [1.29, 1.82) is 0 Å². The Morgan fingerprint density at radius 1 is 1.22 bits per heavy atom. The Balaban J connectivity index is 1.28. The maximum atomic E-state index is 3.60. The number of hydrogen-bond donors (Lipinski definition) is 1. The molecule has 0 aromatic carbocycles. The molecule has 2 fully saturated rings. The quantitative estimate of drug-likeness (QED) is 0.690. The van der Waals surface area contributed by atoms with Gasteiger partial charge in [-0.3, -0.25) is 4.90 Å². The molecule has 0 atom stereocenters. The zero-order valence-electron chi connectivity index (χ0n) is 11.1. The number of nitrogens with zero attached hydrogens (tertiary/aromatic N) is 1. The molecule has 0 amide bonds. The minimum Gasteiger partial charge on any atom is -0.315 e. The van der Waals surface area contributed by atoms with Crippen LogP contribution in [0.25, 0.3) is 0 Å². The van der Waals surface area contributed by atoms with E-state index in [2.05, 4.69) is 27.7 Å². The average Bonchev–Trinajstić information content (AvgIpc) is 3.28. The molecule has 100 valence electrons. The Hall–Kier alpha value is -0.380. The Labute approximate surface area is 114 Å². The molecule has 2 nitrogen and oxygen atoms in total. The molecule has 1 N–H and O–H groups in total. The second kappa shape index (κ2) is 6.18. The van der Waals surface area contributed by atoms with Gasteiger partial charge < -0.3 is 5.32 Å². The third-order valence-electron chi connectivity index (χ3n) is 3.96. The SMILES string of the molecule is c1csc(CCNCCN(CC2CC2)C2CC2)c1. The van der Waals surface area contributed by atoms with Crippen molar-refractivity contribution in [3.8, 4) is 0 Å². The summed E-state index contributed by atoms with van der Waals surface area (Å²) in [5, 5.41) is 5.76. The van der Waals surface area contributed by atoms with E-state index in [4.69, 9.17) is 0 Å². The number of thiophene rings is 1. The van der Waals surface area contributed by atoms with E-state index in [-0.39, 0.29) is 0 Å². The third-order valence-corrected chi connectivity index (χ3v) is 4.89. The van der Waals surface area contributed by atoms with Crippen LogP contribution in [0.4, 0.5) is 0 Å². The minimum atomic E-state index is 0.935. The van der Waals surface area contributed by atoms with Crippen LogP contribution >= 0.6 is 11.3 Å². The highest BCUT2D eigenvalue weighted by Crippen LogP contribution is 2.34. The fourth-order valence-electron chi connectivity index (χ4n) is 2.51. The monoisotopic (exact) mass is 264 g/mol. The van der Waals surface area contributed by atoms with Gasteiger partial charge in [0.05, 0.1) is 0 Å². The first-order valence-corrected chi connectivity index (χ1v) is 8.27. The lowest BCUT2D eigenvalue weighted by Gasteiger charge is -2.21. The van der Waals surface area contributed by atoms with Gasteiger partial charge in [0.1, 0.15) is 0 Å². The first-order chi connectivity index (χ1) is 8.92. The predicted molar refractivity (Wildman–Crippen MR) is 78.2 cm³/mol.